The number of ketones is 1. The van der Waals surface area contributed by atoms with E-state index in [1.165, 1.54) is 25.1 Å². The Labute approximate surface area is 111 Å². The summed E-state index contributed by atoms with van der Waals surface area (Å²) in [4.78, 5) is 10.9. The Hall–Kier alpha value is -1.69. The summed E-state index contributed by atoms with van der Waals surface area (Å²) in [6.07, 6.45) is 1.25. The van der Waals surface area contributed by atoms with Gasteiger partial charge in [0.05, 0.1) is 0 Å². The summed E-state index contributed by atoms with van der Waals surface area (Å²) in [5, 5.41) is 2.89. The van der Waals surface area contributed by atoms with Crippen molar-refractivity contribution >= 4 is 15.6 Å². The van der Waals surface area contributed by atoms with Crippen LogP contribution in [0.3, 0.4) is 0 Å². The van der Waals surface area contributed by atoms with Gasteiger partial charge in [-0.2, -0.15) is 0 Å². The fraction of sp³-hybridized carbons (Fsp3) is 0.308. The molecule has 1 N–H and O–H groups in total. The Morgan fingerprint density at radius 2 is 2.00 bits per heavy atom. The smallest absolute Gasteiger partial charge is 0.214 e. The summed E-state index contributed by atoms with van der Waals surface area (Å²) in [6.45, 7) is 1.81. The second-order valence-electron chi connectivity index (χ2n) is 4.33. The molecule has 0 aliphatic carbocycles. The summed E-state index contributed by atoms with van der Waals surface area (Å²) < 4.78 is 38.5. The van der Waals surface area contributed by atoms with Crippen LogP contribution < -0.4 is 5.32 Å². The average Bonchev–Trinajstić information content (AvgIpc) is 2.82. The minimum atomic E-state index is -4.12. The van der Waals surface area contributed by atoms with Crippen LogP contribution >= 0.6 is 0 Å². The molecule has 1 aromatic carbocycles. The molecule has 0 saturated carbocycles. The number of carbonyl (C=O) groups is 1. The van der Waals surface area contributed by atoms with Crippen LogP contribution in [0.1, 0.15) is 19.8 Å². The highest BCUT2D eigenvalue weighted by Crippen LogP contribution is 2.27. The van der Waals surface area contributed by atoms with E-state index in [4.69, 9.17) is 0 Å². The first-order chi connectivity index (χ1) is 8.94. The van der Waals surface area contributed by atoms with Gasteiger partial charge in [0, 0.05) is 12.2 Å². The molecular weight excluding hydrogens is 269 g/mol. The first-order valence-electron chi connectivity index (χ1n) is 5.92. The monoisotopic (exact) mass is 283 g/mol. The molecule has 1 aliphatic rings. The number of benzene rings is 1. The van der Waals surface area contributed by atoms with Crippen LogP contribution in [-0.4, -0.2) is 20.7 Å². The Balaban J connectivity index is 2.63. The van der Waals surface area contributed by atoms with Gasteiger partial charge in [0.25, 0.3) is 0 Å². The molecule has 0 spiro atoms. The van der Waals surface area contributed by atoms with E-state index in [1.54, 1.807) is 0 Å². The summed E-state index contributed by atoms with van der Waals surface area (Å²) in [7, 11) is -4.12. The van der Waals surface area contributed by atoms with Crippen molar-refractivity contribution in [1.82, 2.24) is 5.32 Å². The zero-order valence-corrected chi connectivity index (χ0v) is 11.3. The van der Waals surface area contributed by atoms with Gasteiger partial charge in [-0.15, -0.1) is 0 Å². The van der Waals surface area contributed by atoms with Gasteiger partial charge in [-0.05, 0) is 31.9 Å². The number of rotatable bonds is 3. The molecule has 0 bridgehead atoms. The molecule has 102 valence electrons. The molecule has 1 heterocycles. The maximum atomic E-state index is 13.7. The fourth-order valence-corrected chi connectivity index (χ4v) is 3.80. The molecule has 0 amide bonds. The molecule has 0 unspecified atom stereocenters. The molecule has 1 saturated heterocycles. The van der Waals surface area contributed by atoms with Gasteiger partial charge in [0.15, 0.2) is 5.78 Å². The van der Waals surface area contributed by atoms with Gasteiger partial charge in [0.1, 0.15) is 15.6 Å². The molecule has 0 aromatic heterocycles. The van der Waals surface area contributed by atoms with Crippen LogP contribution in [0.15, 0.2) is 39.8 Å². The lowest BCUT2D eigenvalue weighted by atomic mass is 10.2. The lowest BCUT2D eigenvalue weighted by molar-refractivity contribution is -0.113. The van der Waals surface area contributed by atoms with Gasteiger partial charge >= 0.3 is 0 Å². The Kier molecular flexibility index (Phi) is 3.71. The van der Waals surface area contributed by atoms with Crippen LogP contribution in [0.5, 0.6) is 0 Å². The second-order valence-corrected chi connectivity index (χ2v) is 6.18. The highest BCUT2D eigenvalue weighted by atomic mass is 32.2. The standard InChI is InChI=1S/C13H14FNO3S/c1-9(16)13(11-6-4-8-15-11)19(17,18)12-7-3-2-5-10(12)14/h2-3,5,7,15H,4,6,8H2,1H3. The highest BCUT2D eigenvalue weighted by Gasteiger charge is 2.31. The van der Waals surface area contributed by atoms with Crippen molar-refractivity contribution in [3.63, 3.8) is 0 Å². The summed E-state index contributed by atoms with van der Waals surface area (Å²) in [6, 6.07) is 5.07. The van der Waals surface area contributed by atoms with E-state index in [2.05, 4.69) is 5.32 Å². The third-order valence-corrected chi connectivity index (χ3v) is 4.91. The van der Waals surface area contributed by atoms with Crippen molar-refractivity contribution in [2.75, 3.05) is 6.54 Å². The summed E-state index contributed by atoms with van der Waals surface area (Å²) in [5.41, 5.74) is 0.385. The van der Waals surface area contributed by atoms with Crippen molar-refractivity contribution in [3.8, 4) is 0 Å². The topological polar surface area (TPSA) is 63.2 Å². The maximum absolute atomic E-state index is 13.7. The Morgan fingerprint density at radius 1 is 1.32 bits per heavy atom. The Morgan fingerprint density at radius 3 is 2.53 bits per heavy atom. The molecular formula is C13H14FNO3S. The number of hydrogen-bond acceptors (Lipinski definition) is 4. The van der Waals surface area contributed by atoms with Crippen molar-refractivity contribution in [1.29, 1.82) is 0 Å². The number of nitrogens with one attached hydrogen (secondary N) is 1. The van der Waals surface area contributed by atoms with Crippen LogP contribution in [0, 0.1) is 5.82 Å². The first kappa shape index (κ1) is 13.7. The molecule has 2 rings (SSSR count). The summed E-state index contributed by atoms with van der Waals surface area (Å²) in [5.74, 6) is -1.42. The number of halogens is 1. The lowest BCUT2D eigenvalue weighted by Gasteiger charge is -2.11. The second kappa shape index (κ2) is 5.13. The number of allylic oxidation sites excluding steroid dienone is 2. The molecule has 1 aliphatic heterocycles. The number of Topliss-reactive ketones (excluding diaryl/α,β-unsaturated/α-hetero) is 1. The largest absolute Gasteiger partial charge is 0.387 e. The normalized spacial score (nSPS) is 18.0. The average molecular weight is 283 g/mol. The van der Waals surface area contributed by atoms with E-state index in [1.807, 2.05) is 0 Å². The van der Waals surface area contributed by atoms with Gasteiger partial charge in [-0.25, -0.2) is 12.8 Å². The van der Waals surface area contributed by atoms with E-state index in [0.717, 1.165) is 12.5 Å². The van der Waals surface area contributed by atoms with Crippen LogP contribution in [0.25, 0.3) is 0 Å². The predicted molar refractivity (Wildman–Crippen MR) is 68.5 cm³/mol. The molecule has 0 atom stereocenters. The number of hydrogen-bond donors (Lipinski definition) is 1. The fourth-order valence-electron chi connectivity index (χ4n) is 2.12. The lowest BCUT2D eigenvalue weighted by Crippen LogP contribution is -2.19. The summed E-state index contributed by atoms with van der Waals surface area (Å²) >= 11 is 0. The molecule has 1 aromatic rings. The van der Waals surface area contributed by atoms with E-state index in [0.29, 0.717) is 18.7 Å². The SMILES string of the molecule is CC(=O)C(=C1CCCN1)S(=O)(=O)c1ccccc1F. The number of carbonyl (C=O) groups excluding carboxylic acids is 1. The van der Waals surface area contributed by atoms with Gasteiger partial charge in [-0.1, -0.05) is 12.1 Å². The predicted octanol–water partition coefficient (Wildman–Crippen LogP) is 1.78. The third kappa shape index (κ3) is 2.53. The zero-order chi connectivity index (χ0) is 14.0. The van der Waals surface area contributed by atoms with E-state index < -0.39 is 26.3 Å². The van der Waals surface area contributed by atoms with Crippen LogP contribution in [0.4, 0.5) is 4.39 Å². The van der Waals surface area contributed by atoms with E-state index in [9.17, 15) is 17.6 Å². The maximum Gasteiger partial charge on any atom is 0.214 e. The van der Waals surface area contributed by atoms with E-state index >= 15 is 0 Å². The highest BCUT2D eigenvalue weighted by molar-refractivity contribution is 7.96. The Bertz CT molecular complexity index is 642. The van der Waals surface area contributed by atoms with Crippen LogP contribution in [-0.2, 0) is 14.6 Å². The van der Waals surface area contributed by atoms with Crippen molar-refractivity contribution in [2.24, 2.45) is 0 Å². The van der Waals surface area contributed by atoms with Crippen molar-refractivity contribution in [2.45, 2.75) is 24.7 Å². The van der Waals surface area contributed by atoms with Crippen molar-refractivity contribution < 1.29 is 17.6 Å². The van der Waals surface area contributed by atoms with Gasteiger partial charge < -0.3 is 5.32 Å². The quantitative estimate of drug-likeness (QED) is 0.859. The molecule has 0 radical (unpaired) electrons. The van der Waals surface area contributed by atoms with E-state index in [-0.39, 0.29) is 4.91 Å². The van der Waals surface area contributed by atoms with Gasteiger partial charge in [-0.3, -0.25) is 4.79 Å². The number of sulfone groups is 1. The third-order valence-electron chi connectivity index (χ3n) is 2.93. The van der Waals surface area contributed by atoms with Crippen LogP contribution in [0.2, 0.25) is 0 Å². The van der Waals surface area contributed by atoms with Gasteiger partial charge in [0.2, 0.25) is 9.84 Å². The molecule has 19 heavy (non-hydrogen) atoms. The molecule has 6 heteroatoms. The first-order valence-corrected chi connectivity index (χ1v) is 7.40. The molecule has 4 nitrogen and oxygen atoms in total. The zero-order valence-electron chi connectivity index (χ0n) is 10.4. The minimum absolute atomic E-state index is 0.324. The minimum Gasteiger partial charge on any atom is -0.387 e. The van der Waals surface area contributed by atoms with Crippen molar-refractivity contribution in [3.05, 3.63) is 40.7 Å². The molecule has 1 fully saturated rings.